The summed E-state index contributed by atoms with van der Waals surface area (Å²) in [6.07, 6.45) is 5.46. The normalized spacial score (nSPS) is 13.4. The molecule has 1 N–H and O–H groups in total. The van der Waals surface area contributed by atoms with E-state index in [4.69, 9.17) is 5.11 Å². The monoisotopic (exact) mass is 405 g/mol. The fraction of sp³-hybridized carbons (Fsp3) is 0.375. The van der Waals surface area contributed by atoms with E-state index in [1.165, 1.54) is 22.2 Å². The average Bonchev–Trinajstić information content (AvgIpc) is 3.07. The molecule has 0 saturated carbocycles. The molecule has 0 radical (unpaired) electrons. The summed E-state index contributed by atoms with van der Waals surface area (Å²) in [5, 5.41) is 9.91. The van der Waals surface area contributed by atoms with Crippen LogP contribution in [0.15, 0.2) is 48.7 Å². The third-order valence-corrected chi connectivity index (χ3v) is 5.83. The van der Waals surface area contributed by atoms with Gasteiger partial charge < -0.3 is 14.6 Å². The van der Waals surface area contributed by atoms with Crippen molar-refractivity contribution in [3.05, 3.63) is 65.5 Å². The Morgan fingerprint density at radius 3 is 2.60 bits per heavy atom. The predicted molar refractivity (Wildman–Crippen MR) is 115 cm³/mol. The van der Waals surface area contributed by atoms with Crippen molar-refractivity contribution >= 4 is 22.9 Å². The van der Waals surface area contributed by atoms with Crippen molar-refractivity contribution in [2.75, 3.05) is 6.54 Å². The standard InChI is InChI=1S/C24H27N3O3/c28-22(11-5-2-6-12-23(29)30)26-15-13-19-20-10-7-14-25-24(20)27(21(19)17-26)16-18-8-3-1-4-9-18/h1,3-4,7-10,14H,2,5-6,11-13,15-17H2,(H,29,30). The molecule has 6 nitrogen and oxygen atoms in total. The van der Waals surface area contributed by atoms with Crippen LogP contribution in [-0.2, 0) is 29.1 Å². The summed E-state index contributed by atoms with van der Waals surface area (Å²) in [6.45, 7) is 2.06. The van der Waals surface area contributed by atoms with Crippen LogP contribution in [-0.4, -0.2) is 38.0 Å². The highest BCUT2D eigenvalue weighted by atomic mass is 16.4. The number of pyridine rings is 1. The molecule has 2 aromatic heterocycles. The first-order valence-corrected chi connectivity index (χ1v) is 10.6. The minimum absolute atomic E-state index is 0.153. The van der Waals surface area contributed by atoms with Crippen LogP contribution < -0.4 is 0 Å². The number of aliphatic carboxylic acids is 1. The van der Waals surface area contributed by atoms with Crippen LogP contribution in [0.1, 0.15) is 48.9 Å². The molecule has 3 heterocycles. The van der Waals surface area contributed by atoms with Gasteiger partial charge >= 0.3 is 5.97 Å². The van der Waals surface area contributed by atoms with Gasteiger partial charge in [0.15, 0.2) is 0 Å². The summed E-state index contributed by atoms with van der Waals surface area (Å²) in [5.41, 5.74) is 4.68. The summed E-state index contributed by atoms with van der Waals surface area (Å²) in [7, 11) is 0. The number of unbranched alkanes of at least 4 members (excludes halogenated alkanes) is 2. The number of hydrogen-bond acceptors (Lipinski definition) is 3. The molecule has 0 bridgehead atoms. The smallest absolute Gasteiger partial charge is 0.303 e. The first-order chi connectivity index (χ1) is 14.6. The highest BCUT2D eigenvalue weighted by Gasteiger charge is 2.26. The fourth-order valence-corrected chi connectivity index (χ4v) is 4.30. The Morgan fingerprint density at radius 1 is 1.00 bits per heavy atom. The van der Waals surface area contributed by atoms with Gasteiger partial charge in [-0.2, -0.15) is 0 Å². The molecular formula is C24H27N3O3. The van der Waals surface area contributed by atoms with E-state index in [9.17, 15) is 9.59 Å². The molecule has 1 aromatic carbocycles. The van der Waals surface area contributed by atoms with E-state index in [0.717, 1.165) is 38.0 Å². The van der Waals surface area contributed by atoms with Crippen LogP contribution in [0.3, 0.4) is 0 Å². The minimum atomic E-state index is -0.773. The van der Waals surface area contributed by atoms with Gasteiger partial charge in [-0.05, 0) is 42.5 Å². The van der Waals surface area contributed by atoms with Crippen molar-refractivity contribution in [1.82, 2.24) is 14.5 Å². The number of hydrogen-bond donors (Lipinski definition) is 1. The number of rotatable bonds is 8. The zero-order valence-electron chi connectivity index (χ0n) is 17.1. The van der Waals surface area contributed by atoms with E-state index in [1.54, 1.807) is 0 Å². The highest BCUT2D eigenvalue weighted by Crippen LogP contribution is 2.30. The Balaban J connectivity index is 1.51. The lowest BCUT2D eigenvalue weighted by atomic mass is 10.0. The molecule has 6 heteroatoms. The van der Waals surface area contributed by atoms with E-state index in [-0.39, 0.29) is 12.3 Å². The van der Waals surface area contributed by atoms with Crippen molar-refractivity contribution < 1.29 is 14.7 Å². The summed E-state index contributed by atoms with van der Waals surface area (Å²) in [4.78, 5) is 30.0. The fourth-order valence-electron chi connectivity index (χ4n) is 4.30. The van der Waals surface area contributed by atoms with E-state index >= 15 is 0 Å². The van der Waals surface area contributed by atoms with E-state index in [1.807, 2.05) is 35.4 Å². The molecule has 1 aliphatic heterocycles. The zero-order valence-corrected chi connectivity index (χ0v) is 17.1. The number of fused-ring (bicyclic) bond motifs is 3. The van der Waals surface area contributed by atoms with Gasteiger partial charge in [-0.25, -0.2) is 4.98 Å². The lowest BCUT2D eigenvalue weighted by Crippen LogP contribution is -2.36. The van der Waals surface area contributed by atoms with Crippen molar-refractivity contribution in [1.29, 1.82) is 0 Å². The number of carbonyl (C=O) groups excluding carboxylic acids is 1. The molecule has 4 rings (SSSR count). The lowest BCUT2D eigenvalue weighted by molar-refractivity contribution is -0.137. The SMILES string of the molecule is O=C(O)CCCCCC(=O)N1CCc2c(n(Cc3ccccc3)c3ncccc23)C1. The Bertz CT molecular complexity index is 1040. The second-order valence-corrected chi connectivity index (χ2v) is 7.89. The molecule has 0 fully saturated rings. The molecule has 3 aromatic rings. The lowest BCUT2D eigenvalue weighted by Gasteiger charge is -2.28. The van der Waals surface area contributed by atoms with Crippen molar-refractivity contribution in [3.63, 3.8) is 0 Å². The van der Waals surface area contributed by atoms with E-state index in [0.29, 0.717) is 19.4 Å². The molecule has 0 spiro atoms. The number of carbonyl (C=O) groups is 2. The molecule has 30 heavy (non-hydrogen) atoms. The first-order valence-electron chi connectivity index (χ1n) is 10.6. The van der Waals surface area contributed by atoms with Gasteiger partial charge in [-0.1, -0.05) is 36.8 Å². The second kappa shape index (κ2) is 9.11. The largest absolute Gasteiger partial charge is 0.481 e. The third kappa shape index (κ3) is 4.37. The summed E-state index contributed by atoms with van der Waals surface area (Å²) in [6, 6.07) is 14.4. The number of aromatic nitrogens is 2. The van der Waals surface area contributed by atoms with Crippen molar-refractivity contribution in [3.8, 4) is 0 Å². The van der Waals surface area contributed by atoms with E-state index in [2.05, 4.69) is 27.8 Å². The van der Waals surface area contributed by atoms with Crippen LogP contribution in [0, 0.1) is 0 Å². The van der Waals surface area contributed by atoms with Crippen LogP contribution in [0.5, 0.6) is 0 Å². The van der Waals surface area contributed by atoms with E-state index < -0.39 is 5.97 Å². The molecule has 0 saturated heterocycles. The number of benzene rings is 1. The van der Waals surface area contributed by atoms with Gasteiger partial charge in [0.05, 0.1) is 6.54 Å². The first kappa shape index (κ1) is 20.1. The van der Waals surface area contributed by atoms with Crippen LogP contribution in [0.4, 0.5) is 0 Å². The maximum Gasteiger partial charge on any atom is 0.303 e. The van der Waals surface area contributed by atoms with Crippen LogP contribution in [0.25, 0.3) is 11.0 Å². The maximum atomic E-state index is 12.8. The van der Waals surface area contributed by atoms with Gasteiger partial charge in [-0.15, -0.1) is 0 Å². The molecule has 0 aliphatic carbocycles. The molecular weight excluding hydrogens is 378 g/mol. The highest BCUT2D eigenvalue weighted by molar-refractivity contribution is 5.84. The predicted octanol–water partition coefficient (Wildman–Crippen LogP) is 4.00. The minimum Gasteiger partial charge on any atom is -0.481 e. The topological polar surface area (TPSA) is 75.4 Å². The van der Waals surface area contributed by atoms with Crippen LogP contribution in [0.2, 0.25) is 0 Å². The molecule has 1 aliphatic rings. The zero-order chi connectivity index (χ0) is 20.9. The summed E-state index contributed by atoms with van der Waals surface area (Å²) < 4.78 is 2.26. The van der Waals surface area contributed by atoms with Gasteiger partial charge in [0.1, 0.15) is 5.65 Å². The quantitative estimate of drug-likeness (QED) is 0.575. The average molecular weight is 405 g/mol. The third-order valence-electron chi connectivity index (χ3n) is 5.83. The van der Waals surface area contributed by atoms with Gasteiger partial charge in [-0.3, -0.25) is 9.59 Å². The Kier molecular flexibility index (Phi) is 6.12. The Hall–Kier alpha value is -3.15. The Morgan fingerprint density at radius 2 is 1.80 bits per heavy atom. The van der Waals surface area contributed by atoms with Crippen molar-refractivity contribution in [2.45, 2.75) is 51.6 Å². The van der Waals surface area contributed by atoms with Gasteiger partial charge in [0.2, 0.25) is 5.91 Å². The number of amides is 1. The molecule has 1 amide bonds. The van der Waals surface area contributed by atoms with Crippen LogP contribution >= 0.6 is 0 Å². The maximum absolute atomic E-state index is 12.8. The number of nitrogens with zero attached hydrogens (tertiary/aromatic N) is 3. The number of carboxylic acid groups (broad SMARTS) is 1. The summed E-state index contributed by atoms with van der Waals surface area (Å²) >= 11 is 0. The van der Waals surface area contributed by atoms with Gasteiger partial charge in [0, 0.05) is 43.2 Å². The van der Waals surface area contributed by atoms with Crippen molar-refractivity contribution in [2.24, 2.45) is 0 Å². The van der Waals surface area contributed by atoms with Gasteiger partial charge in [0.25, 0.3) is 0 Å². The molecule has 0 unspecified atom stereocenters. The molecule has 0 atom stereocenters. The Labute approximate surface area is 176 Å². The molecule has 156 valence electrons. The summed E-state index contributed by atoms with van der Waals surface area (Å²) in [5.74, 6) is -0.620. The second-order valence-electron chi connectivity index (χ2n) is 7.89. The number of carboxylic acids is 1.